The molecule has 3 aromatic rings. The van der Waals surface area contributed by atoms with Crippen molar-refractivity contribution in [3.63, 3.8) is 0 Å². The number of nitrogens with one attached hydrogen (secondary N) is 1. The summed E-state index contributed by atoms with van der Waals surface area (Å²) in [5.74, 6) is -0.892. The lowest BCUT2D eigenvalue weighted by molar-refractivity contribution is -0.113. The quantitative estimate of drug-likeness (QED) is 0.468. The van der Waals surface area contributed by atoms with Crippen LogP contribution in [-0.4, -0.2) is 38.4 Å². The van der Waals surface area contributed by atoms with Crippen molar-refractivity contribution >= 4 is 40.4 Å². The first-order chi connectivity index (χ1) is 14.3. The van der Waals surface area contributed by atoms with E-state index < -0.39 is 17.2 Å². The van der Waals surface area contributed by atoms with E-state index in [9.17, 15) is 19.2 Å². The molecule has 0 radical (unpaired) electrons. The highest BCUT2D eigenvalue weighted by Crippen LogP contribution is 2.24. The van der Waals surface area contributed by atoms with Gasteiger partial charge in [0.1, 0.15) is 5.65 Å². The Bertz CT molecular complexity index is 1250. The molecule has 3 rings (SSSR count). The number of ether oxygens (including phenoxy) is 1. The monoisotopic (exact) mass is 428 g/mol. The first-order valence-electron chi connectivity index (χ1n) is 9.08. The lowest BCUT2D eigenvalue weighted by Gasteiger charge is -2.11. The molecule has 0 aliphatic heterocycles. The summed E-state index contributed by atoms with van der Waals surface area (Å²) in [5.41, 5.74) is -0.0937. The van der Waals surface area contributed by atoms with Gasteiger partial charge in [0, 0.05) is 25.2 Å². The summed E-state index contributed by atoms with van der Waals surface area (Å²) in [6.07, 6.45) is 1.48. The van der Waals surface area contributed by atoms with Gasteiger partial charge >= 0.3 is 11.7 Å². The van der Waals surface area contributed by atoms with Crippen LogP contribution in [0.1, 0.15) is 17.3 Å². The summed E-state index contributed by atoms with van der Waals surface area (Å²) >= 11 is 1.14. The van der Waals surface area contributed by atoms with Crippen LogP contribution >= 0.6 is 11.8 Å². The number of fused-ring (bicyclic) bond motifs is 1. The number of carbonyl (C=O) groups is 2. The molecule has 0 aliphatic rings. The molecule has 0 saturated carbocycles. The standard InChI is InChI=1S/C20H20N4O5S/c1-4-29-19(27)12-7-5-6-8-13(12)22-15(25)11-30-14-9-10-21-17-16(14)18(26)24(3)20(28)23(17)2/h5-10H,4,11H2,1-3H3,(H,22,25). The van der Waals surface area contributed by atoms with Crippen molar-refractivity contribution in [2.24, 2.45) is 14.1 Å². The molecule has 1 amide bonds. The third-order valence-electron chi connectivity index (χ3n) is 4.36. The van der Waals surface area contributed by atoms with Crippen LogP contribution in [0.25, 0.3) is 11.0 Å². The minimum absolute atomic E-state index is 0.0116. The Morgan fingerprint density at radius 2 is 1.87 bits per heavy atom. The lowest BCUT2D eigenvalue weighted by Crippen LogP contribution is -2.37. The van der Waals surface area contributed by atoms with Gasteiger partial charge in [-0.2, -0.15) is 0 Å². The summed E-state index contributed by atoms with van der Waals surface area (Å²) < 4.78 is 7.30. The highest BCUT2D eigenvalue weighted by Gasteiger charge is 2.17. The van der Waals surface area contributed by atoms with E-state index in [4.69, 9.17) is 4.74 Å². The van der Waals surface area contributed by atoms with Crippen LogP contribution in [0, 0.1) is 0 Å². The number of thioether (sulfide) groups is 1. The van der Waals surface area contributed by atoms with Gasteiger partial charge in [-0.3, -0.25) is 18.7 Å². The van der Waals surface area contributed by atoms with E-state index in [1.165, 1.54) is 24.9 Å². The fourth-order valence-electron chi connectivity index (χ4n) is 2.89. The zero-order valence-corrected chi connectivity index (χ0v) is 17.5. The Morgan fingerprint density at radius 3 is 2.60 bits per heavy atom. The number of hydrogen-bond acceptors (Lipinski definition) is 7. The number of carbonyl (C=O) groups excluding carboxylic acids is 2. The Hall–Kier alpha value is -3.40. The van der Waals surface area contributed by atoms with Crippen molar-refractivity contribution in [3.8, 4) is 0 Å². The molecule has 0 saturated heterocycles. The number of anilines is 1. The second-order valence-corrected chi connectivity index (χ2v) is 7.33. The van der Waals surface area contributed by atoms with Crippen LogP contribution in [0.4, 0.5) is 5.69 Å². The fraction of sp³-hybridized carbons (Fsp3) is 0.250. The molecule has 0 aliphatic carbocycles. The van der Waals surface area contributed by atoms with E-state index in [0.717, 1.165) is 16.3 Å². The maximum Gasteiger partial charge on any atom is 0.340 e. The SMILES string of the molecule is CCOC(=O)c1ccccc1NC(=O)CSc1ccnc2c1c(=O)n(C)c(=O)n2C. The Labute approximate surface area is 175 Å². The number of hydrogen-bond donors (Lipinski definition) is 1. The molecule has 9 nitrogen and oxygen atoms in total. The van der Waals surface area contributed by atoms with Crippen molar-refractivity contribution in [2.45, 2.75) is 11.8 Å². The molecule has 0 unspecified atom stereocenters. The summed E-state index contributed by atoms with van der Waals surface area (Å²) in [6, 6.07) is 8.19. The van der Waals surface area contributed by atoms with Gasteiger partial charge in [0.05, 0.1) is 29.0 Å². The van der Waals surface area contributed by atoms with Crippen LogP contribution in [0.3, 0.4) is 0 Å². The third-order valence-corrected chi connectivity index (χ3v) is 5.42. The summed E-state index contributed by atoms with van der Waals surface area (Å²) in [5, 5.41) is 2.97. The average Bonchev–Trinajstić information content (AvgIpc) is 2.75. The molecule has 2 heterocycles. The number of benzene rings is 1. The minimum atomic E-state index is -0.523. The molecule has 156 valence electrons. The van der Waals surface area contributed by atoms with E-state index in [2.05, 4.69) is 10.3 Å². The summed E-state index contributed by atoms with van der Waals surface area (Å²) in [6.45, 7) is 1.93. The number of para-hydroxylation sites is 1. The first kappa shape index (κ1) is 21.3. The Balaban J connectivity index is 1.83. The van der Waals surface area contributed by atoms with Crippen molar-refractivity contribution < 1.29 is 14.3 Å². The maximum absolute atomic E-state index is 12.6. The van der Waals surface area contributed by atoms with E-state index in [-0.39, 0.29) is 34.9 Å². The molecule has 2 aromatic heterocycles. The number of aryl methyl sites for hydroxylation is 1. The number of amides is 1. The number of esters is 1. The molecule has 0 fully saturated rings. The van der Waals surface area contributed by atoms with Crippen molar-refractivity contribution in [1.82, 2.24) is 14.1 Å². The molecule has 30 heavy (non-hydrogen) atoms. The number of rotatable bonds is 6. The van der Waals surface area contributed by atoms with Crippen molar-refractivity contribution in [2.75, 3.05) is 17.7 Å². The van der Waals surface area contributed by atoms with Crippen molar-refractivity contribution in [3.05, 3.63) is 62.9 Å². The molecule has 1 aromatic carbocycles. The van der Waals surface area contributed by atoms with Crippen LogP contribution in [0.5, 0.6) is 0 Å². The van der Waals surface area contributed by atoms with Gasteiger partial charge < -0.3 is 10.1 Å². The number of aromatic nitrogens is 3. The molecule has 1 N–H and O–H groups in total. The van der Waals surface area contributed by atoms with Crippen molar-refractivity contribution in [1.29, 1.82) is 0 Å². The van der Waals surface area contributed by atoms with Gasteiger partial charge in [0.2, 0.25) is 5.91 Å². The summed E-state index contributed by atoms with van der Waals surface area (Å²) in [7, 11) is 2.93. The largest absolute Gasteiger partial charge is 0.462 e. The van der Waals surface area contributed by atoms with Gasteiger partial charge in [0.15, 0.2) is 0 Å². The third kappa shape index (κ3) is 4.13. The Morgan fingerprint density at radius 1 is 1.13 bits per heavy atom. The second kappa shape index (κ2) is 8.95. The minimum Gasteiger partial charge on any atom is -0.462 e. The fourth-order valence-corrected chi connectivity index (χ4v) is 3.73. The van der Waals surface area contributed by atoms with Gasteiger partial charge in [-0.15, -0.1) is 11.8 Å². The van der Waals surface area contributed by atoms with Gasteiger partial charge in [-0.1, -0.05) is 12.1 Å². The van der Waals surface area contributed by atoms with Crippen LogP contribution in [0.2, 0.25) is 0 Å². The molecule has 0 atom stereocenters. The van der Waals surface area contributed by atoms with E-state index in [0.29, 0.717) is 10.6 Å². The van der Waals surface area contributed by atoms with Crippen LogP contribution in [-0.2, 0) is 23.6 Å². The highest BCUT2D eigenvalue weighted by atomic mass is 32.2. The van der Waals surface area contributed by atoms with E-state index >= 15 is 0 Å². The summed E-state index contributed by atoms with van der Waals surface area (Å²) in [4.78, 5) is 53.9. The molecular weight excluding hydrogens is 408 g/mol. The molecule has 0 spiro atoms. The van der Waals surface area contributed by atoms with E-state index in [1.807, 2.05) is 0 Å². The predicted molar refractivity (Wildman–Crippen MR) is 114 cm³/mol. The van der Waals surface area contributed by atoms with Gasteiger partial charge in [-0.25, -0.2) is 14.6 Å². The topological polar surface area (TPSA) is 112 Å². The first-order valence-corrected chi connectivity index (χ1v) is 10.1. The maximum atomic E-state index is 12.6. The number of pyridine rings is 1. The van der Waals surface area contributed by atoms with Gasteiger partial charge in [-0.05, 0) is 25.1 Å². The number of nitrogens with zero attached hydrogens (tertiary/aromatic N) is 3. The zero-order chi connectivity index (χ0) is 21.8. The van der Waals surface area contributed by atoms with Gasteiger partial charge in [0.25, 0.3) is 5.56 Å². The van der Waals surface area contributed by atoms with E-state index in [1.54, 1.807) is 37.3 Å². The predicted octanol–water partition coefficient (Wildman–Crippen LogP) is 1.54. The normalized spacial score (nSPS) is 10.8. The average molecular weight is 428 g/mol. The highest BCUT2D eigenvalue weighted by molar-refractivity contribution is 8.00. The second-order valence-electron chi connectivity index (χ2n) is 6.32. The zero-order valence-electron chi connectivity index (χ0n) is 16.7. The smallest absolute Gasteiger partial charge is 0.340 e. The Kier molecular flexibility index (Phi) is 6.36. The molecule has 10 heteroatoms. The molecule has 0 bridgehead atoms. The van der Waals surface area contributed by atoms with Crippen LogP contribution in [0.15, 0.2) is 51.0 Å². The lowest BCUT2D eigenvalue weighted by atomic mass is 10.2. The van der Waals surface area contributed by atoms with Crippen LogP contribution < -0.4 is 16.6 Å². The molecular formula is C20H20N4O5S.